The maximum absolute atomic E-state index is 13.3. The molecule has 3 amide bonds. The summed E-state index contributed by atoms with van der Waals surface area (Å²) >= 11 is 0. The van der Waals surface area contributed by atoms with Crippen LogP contribution in [-0.2, 0) is 49.7 Å². The van der Waals surface area contributed by atoms with E-state index in [0.717, 1.165) is 61.2 Å². The lowest BCUT2D eigenvalue weighted by Crippen LogP contribution is -2.51. The number of nitrogens with one attached hydrogen (secondary N) is 1. The average Bonchev–Trinajstić information content (AvgIpc) is 3.15. The number of methoxy groups -OCH3 is 2. The van der Waals surface area contributed by atoms with Crippen LogP contribution in [0, 0.1) is 10.8 Å². The Labute approximate surface area is 325 Å². The summed E-state index contributed by atoms with van der Waals surface area (Å²) in [5.74, 6) is -0.259. The summed E-state index contributed by atoms with van der Waals surface area (Å²) in [5, 5.41) is 3.32. The van der Waals surface area contributed by atoms with E-state index in [0.29, 0.717) is 63.1 Å². The standard InChI is InChI=1S/C23H32N2O5.C18H24N2O3.ClH/c1-22(2,3)30-21(28)24-12-9-23(4,10-13-24)20(27)25-11-8-16-14-17(19(26)29-5)6-7-18(16)15-25;1-18(6-8-19-9-7-18)17(22)20-10-5-13-11-14(16(21)23-2)3-4-15(13)12-20;/h6-7,14H,8-13,15H2,1-5H3;3-4,11,19H,5-10,12H2,1-2H3;1H. The Morgan fingerprint density at radius 2 is 1.06 bits per heavy atom. The van der Waals surface area contributed by atoms with Gasteiger partial charge < -0.3 is 34.2 Å². The fourth-order valence-corrected chi connectivity index (χ4v) is 7.62. The Morgan fingerprint density at radius 1 is 0.630 bits per heavy atom. The number of carbonyl (C=O) groups excluding carboxylic acids is 5. The van der Waals surface area contributed by atoms with Gasteiger partial charge in [-0.2, -0.15) is 0 Å². The van der Waals surface area contributed by atoms with Gasteiger partial charge in [-0.3, -0.25) is 9.59 Å². The maximum atomic E-state index is 13.3. The van der Waals surface area contributed by atoms with Crippen molar-refractivity contribution in [3.63, 3.8) is 0 Å². The second-order valence-electron chi connectivity index (χ2n) is 16.2. The number of carbonyl (C=O) groups is 5. The van der Waals surface area contributed by atoms with E-state index in [1.54, 1.807) is 17.0 Å². The van der Waals surface area contributed by atoms with Crippen LogP contribution in [0.25, 0.3) is 0 Å². The Hall–Kier alpha value is -4.16. The zero-order chi connectivity index (χ0) is 38.6. The van der Waals surface area contributed by atoms with Crippen LogP contribution in [-0.4, -0.2) is 104 Å². The van der Waals surface area contributed by atoms with Gasteiger partial charge >= 0.3 is 18.0 Å². The van der Waals surface area contributed by atoms with Crippen molar-refractivity contribution < 1.29 is 38.2 Å². The van der Waals surface area contributed by atoms with Gasteiger partial charge in [-0.1, -0.05) is 26.0 Å². The number of halogens is 1. The summed E-state index contributed by atoms with van der Waals surface area (Å²) < 4.78 is 15.0. The van der Waals surface area contributed by atoms with Gasteiger partial charge in [-0.05, 0) is 119 Å². The van der Waals surface area contributed by atoms with Crippen molar-refractivity contribution in [2.75, 3.05) is 53.5 Å². The van der Waals surface area contributed by atoms with Crippen LogP contribution in [0.3, 0.4) is 0 Å². The summed E-state index contributed by atoms with van der Waals surface area (Å²) in [6.45, 7) is 15.0. The van der Waals surface area contributed by atoms with Crippen LogP contribution in [0.2, 0.25) is 0 Å². The third-order valence-electron chi connectivity index (χ3n) is 11.1. The number of piperidine rings is 2. The number of ether oxygens (including phenoxy) is 3. The van der Waals surface area contributed by atoms with Gasteiger partial charge in [-0.25, -0.2) is 14.4 Å². The predicted octanol–water partition coefficient (Wildman–Crippen LogP) is 5.56. The molecule has 6 rings (SSSR count). The molecule has 54 heavy (non-hydrogen) atoms. The SMILES string of the molecule is COC(=O)c1ccc2c(c1)CCN(C(=O)C1(C)CCN(C(=O)OC(C)(C)C)CC1)C2.COC(=O)c1ccc2c(c1)CCN(C(=O)C1(C)CCNCC1)C2.Cl. The Bertz CT molecular complexity index is 1710. The molecule has 0 bridgehead atoms. The number of benzene rings is 2. The predicted molar refractivity (Wildman–Crippen MR) is 206 cm³/mol. The first-order chi connectivity index (χ1) is 25.1. The molecule has 0 unspecified atom stereocenters. The Morgan fingerprint density at radius 3 is 1.46 bits per heavy atom. The van der Waals surface area contributed by atoms with Crippen LogP contribution in [0.5, 0.6) is 0 Å². The van der Waals surface area contributed by atoms with Crippen molar-refractivity contribution in [3.8, 4) is 0 Å². The van der Waals surface area contributed by atoms with Gasteiger partial charge in [0.25, 0.3) is 0 Å². The largest absolute Gasteiger partial charge is 0.465 e. The molecule has 0 spiro atoms. The van der Waals surface area contributed by atoms with Gasteiger partial charge in [0.05, 0.1) is 25.3 Å². The summed E-state index contributed by atoms with van der Waals surface area (Å²) in [7, 11) is 2.76. The smallest absolute Gasteiger partial charge is 0.410 e. The van der Waals surface area contributed by atoms with E-state index >= 15 is 0 Å². The van der Waals surface area contributed by atoms with E-state index < -0.39 is 11.0 Å². The van der Waals surface area contributed by atoms with Crippen molar-refractivity contribution in [2.24, 2.45) is 10.8 Å². The van der Waals surface area contributed by atoms with Crippen molar-refractivity contribution in [1.82, 2.24) is 20.0 Å². The Balaban J connectivity index is 0.000000244. The molecule has 4 aliphatic rings. The van der Waals surface area contributed by atoms with Crippen LogP contribution >= 0.6 is 12.4 Å². The monoisotopic (exact) mass is 768 g/mol. The van der Waals surface area contributed by atoms with Gasteiger partial charge in [0, 0.05) is 50.1 Å². The fraction of sp³-hybridized carbons (Fsp3) is 0.585. The first kappa shape index (κ1) is 42.6. The average molecular weight is 769 g/mol. The number of hydrogen-bond donors (Lipinski definition) is 1. The molecule has 4 heterocycles. The number of nitrogens with zero attached hydrogens (tertiary/aromatic N) is 3. The van der Waals surface area contributed by atoms with Crippen LogP contribution in [0.1, 0.15) is 103 Å². The molecular weight excluding hydrogens is 712 g/mol. The van der Waals surface area contributed by atoms with Crippen molar-refractivity contribution >= 4 is 42.3 Å². The van der Waals surface area contributed by atoms with E-state index in [1.807, 2.05) is 61.8 Å². The van der Waals surface area contributed by atoms with Crippen LogP contribution in [0.4, 0.5) is 4.79 Å². The molecular formula is C41H57ClN4O8. The minimum absolute atomic E-state index is 0. The summed E-state index contributed by atoms with van der Waals surface area (Å²) in [6.07, 6.45) is 4.23. The summed E-state index contributed by atoms with van der Waals surface area (Å²) in [5.41, 5.74) is 4.30. The number of fused-ring (bicyclic) bond motifs is 2. The molecule has 12 nitrogen and oxygen atoms in total. The number of rotatable bonds is 4. The highest BCUT2D eigenvalue weighted by atomic mass is 35.5. The third kappa shape index (κ3) is 9.92. The van der Waals surface area contributed by atoms with E-state index in [9.17, 15) is 24.0 Å². The zero-order valence-corrected chi connectivity index (χ0v) is 33.7. The molecule has 0 aromatic heterocycles. The second kappa shape index (κ2) is 17.5. The highest BCUT2D eigenvalue weighted by molar-refractivity contribution is 5.90. The van der Waals surface area contributed by atoms with Gasteiger partial charge in [0.1, 0.15) is 5.60 Å². The van der Waals surface area contributed by atoms with E-state index in [1.165, 1.54) is 14.2 Å². The molecule has 2 saturated heterocycles. The normalized spacial score (nSPS) is 18.7. The van der Waals surface area contributed by atoms with Gasteiger partial charge in [0.15, 0.2) is 0 Å². The summed E-state index contributed by atoms with van der Waals surface area (Å²) in [6, 6.07) is 11.2. The zero-order valence-electron chi connectivity index (χ0n) is 32.9. The molecule has 2 aromatic rings. The lowest BCUT2D eigenvalue weighted by molar-refractivity contribution is -0.145. The quantitative estimate of drug-likeness (QED) is 0.313. The first-order valence-electron chi connectivity index (χ1n) is 18.7. The molecule has 0 radical (unpaired) electrons. The van der Waals surface area contributed by atoms with E-state index in [2.05, 4.69) is 12.2 Å². The van der Waals surface area contributed by atoms with Crippen molar-refractivity contribution in [2.45, 2.75) is 91.8 Å². The summed E-state index contributed by atoms with van der Waals surface area (Å²) in [4.78, 5) is 67.5. The molecule has 13 heteroatoms. The molecule has 4 aliphatic heterocycles. The number of hydrogen-bond acceptors (Lipinski definition) is 9. The molecule has 0 atom stereocenters. The maximum Gasteiger partial charge on any atom is 0.410 e. The lowest BCUT2D eigenvalue weighted by atomic mass is 9.78. The van der Waals surface area contributed by atoms with E-state index in [4.69, 9.17) is 14.2 Å². The van der Waals surface area contributed by atoms with Crippen molar-refractivity contribution in [1.29, 1.82) is 0 Å². The minimum atomic E-state index is -0.525. The molecule has 2 aromatic carbocycles. The molecule has 0 saturated carbocycles. The highest BCUT2D eigenvalue weighted by Crippen LogP contribution is 2.36. The van der Waals surface area contributed by atoms with Gasteiger partial charge in [0.2, 0.25) is 11.8 Å². The molecule has 0 aliphatic carbocycles. The topological polar surface area (TPSA) is 135 Å². The van der Waals surface area contributed by atoms with E-state index in [-0.39, 0.29) is 47.7 Å². The molecule has 2 fully saturated rings. The van der Waals surface area contributed by atoms with Crippen LogP contribution in [0.15, 0.2) is 36.4 Å². The molecule has 296 valence electrons. The number of amides is 3. The highest BCUT2D eigenvalue weighted by Gasteiger charge is 2.42. The second-order valence-corrected chi connectivity index (χ2v) is 16.2. The Kier molecular flexibility index (Phi) is 13.8. The lowest BCUT2D eigenvalue weighted by Gasteiger charge is -2.42. The minimum Gasteiger partial charge on any atom is -0.465 e. The van der Waals surface area contributed by atoms with Crippen LogP contribution < -0.4 is 5.32 Å². The van der Waals surface area contributed by atoms with Crippen molar-refractivity contribution in [3.05, 3.63) is 69.8 Å². The fourth-order valence-electron chi connectivity index (χ4n) is 7.62. The number of likely N-dealkylation sites (tertiary alicyclic amines) is 1. The first-order valence-corrected chi connectivity index (χ1v) is 18.7. The number of esters is 2. The molecule has 1 N–H and O–H groups in total. The van der Waals surface area contributed by atoms with Gasteiger partial charge in [-0.15, -0.1) is 12.4 Å². The third-order valence-corrected chi connectivity index (χ3v) is 11.1.